The monoisotopic (exact) mass is 729 g/mol. The first-order valence-corrected chi connectivity index (χ1v) is 19.2. The molecule has 266 valence electrons. The van der Waals surface area contributed by atoms with Gasteiger partial charge >= 0.3 is 0 Å². The van der Waals surface area contributed by atoms with E-state index in [0.717, 1.165) is 83.5 Å². The molecule has 5 heteroatoms. The highest BCUT2D eigenvalue weighted by Gasteiger charge is 2.51. The fraction of sp³-hybridized carbons (Fsp3) is 0.0192. The summed E-state index contributed by atoms with van der Waals surface area (Å²) < 4.78 is 13.6. The third kappa shape index (κ3) is 4.60. The number of fused-ring (bicyclic) bond motifs is 13. The van der Waals surface area contributed by atoms with Crippen LogP contribution in [0, 0.1) is 0 Å². The SMILES string of the molecule is c1ccc(-c2ccc(-c3nc(-c4ccccc4)nc(-c4cccc5oc6c7c(ccc6c45)C4(c5ccccc5Oc5ccccc54)c4ccccc4-7)n3)cc2)cc1. The van der Waals surface area contributed by atoms with E-state index in [1.54, 1.807) is 0 Å². The van der Waals surface area contributed by atoms with E-state index in [9.17, 15) is 0 Å². The standard InChI is InChI=1S/C52H31N3O2/c1-3-14-32(15-4-1)33-26-28-35(29-27-33)50-53-49(34-16-5-2-6-17-34)54-51(55-50)38-19-13-25-45-46(38)37-30-31-42-47(48(37)57-45)36-18-7-8-20-39(36)52(42)40-21-9-11-23-43(40)56-44-24-12-10-22-41(44)52/h1-31H. The van der Waals surface area contributed by atoms with Gasteiger partial charge in [0.2, 0.25) is 0 Å². The summed E-state index contributed by atoms with van der Waals surface area (Å²) in [5.74, 6) is 3.53. The molecule has 0 bridgehead atoms. The third-order valence-electron chi connectivity index (χ3n) is 11.6. The van der Waals surface area contributed by atoms with E-state index in [0.29, 0.717) is 17.5 Å². The van der Waals surface area contributed by atoms with Gasteiger partial charge in [0.25, 0.3) is 0 Å². The van der Waals surface area contributed by atoms with Gasteiger partial charge in [0.15, 0.2) is 17.5 Å². The molecule has 0 fully saturated rings. The van der Waals surface area contributed by atoms with Crippen LogP contribution in [-0.4, -0.2) is 15.0 Å². The van der Waals surface area contributed by atoms with Crippen molar-refractivity contribution >= 4 is 21.9 Å². The molecule has 0 unspecified atom stereocenters. The number of para-hydroxylation sites is 2. The maximum absolute atomic E-state index is 7.01. The number of ether oxygens (including phenoxy) is 1. The third-order valence-corrected chi connectivity index (χ3v) is 11.6. The molecule has 0 amide bonds. The zero-order chi connectivity index (χ0) is 37.5. The van der Waals surface area contributed by atoms with Crippen molar-refractivity contribution in [1.29, 1.82) is 0 Å². The van der Waals surface area contributed by atoms with Crippen LogP contribution in [-0.2, 0) is 5.41 Å². The lowest BCUT2D eigenvalue weighted by Gasteiger charge is -2.39. The second kappa shape index (κ2) is 12.2. The van der Waals surface area contributed by atoms with Gasteiger partial charge in [-0.3, -0.25) is 0 Å². The quantitative estimate of drug-likeness (QED) is 0.180. The molecule has 2 aliphatic rings. The normalized spacial score (nSPS) is 13.2. The van der Waals surface area contributed by atoms with Gasteiger partial charge in [0.05, 0.1) is 5.41 Å². The molecule has 0 radical (unpaired) electrons. The van der Waals surface area contributed by atoms with E-state index >= 15 is 0 Å². The molecule has 0 atom stereocenters. The number of rotatable bonds is 4. The summed E-state index contributed by atoms with van der Waals surface area (Å²) in [7, 11) is 0. The Hall–Kier alpha value is -7.63. The maximum atomic E-state index is 7.01. The van der Waals surface area contributed by atoms with Gasteiger partial charge in [0, 0.05) is 44.2 Å². The van der Waals surface area contributed by atoms with E-state index in [4.69, 9.17) is 24.1 Å². The van der Waals surface area contributed by atoms with Crippen LogP contribution in [0.25, 0.3) is 78.4 Å². The van der Waals surface area contributed by atoms with Crippen molar-refractivity contribution in [2.75, 3.05) is 0 Å². The topological polar surface area (TPSA) is 61.0 Å². The van der Waals surface area contributed by atoms with Gasteiger partial charge in [-0.15, -0.1) is 0 Å². The molecule has 1 spiro atoms. The first kappa shape index (κ1) is 31.7. The Bertz CT molecular complexity index is 3160. The van der Waals surface area contributed by atoms with Gasteiger partial charge < -0.3 is 9.15 Å². The molecule has 5 nitrogen and oxygen atoms in total. The second-order valence-electron chi connectivity index (χ2n) is 14.7. The average molecular weight is 730 g/mol. The van der Waals surface area contributed by atoms with Gasteiger partial charge in [0.1, 0.15) is 22.7 Å². The summed E-state index contributed by atoms with van der Waals surface area (Å²) in [6.07, 6.45) is 0. The average Bonchev–Trinajstić information content (AvgIpc) is 3.81. The Labute approximate surface area is 328 Å². The zero-order valence-electron chi connectivity index (χ0n) is 30.6. The zero-order valence-corrected chi connectivity index (χ0v) is 30.6. The van der Waals surface area contributed by atoms with E-state index in [2.05, 4.69) is 127 Å². The van der Waals surface area contributed by atoms with Crippen molar-refractivity contribution in [2.45, 2.75) is 5.41 Å². The van der Waals surface area contributed by atoms with Crippen LogP contribution in [0.4, 0.5) is 0 Å². The van der Waals surface area contributed by atoms with Gasteiger partial charge in [-0.1, -0.05) is 170 Å². The van der Waals surface area contributed by atoms with Crippen LogP contribution >= 0.6 is 0 Å². The number of hydrogen-bond donors (Lipinski definition) is 0. The second-order valence-corrected chi connectivity index (χ2v) is 14.7. The van der Waals surface area contributed by atoms with Crippen molar-refractivity contribution < 1.29 is 9.15 Å². The molecule has 10 aromatic rings. The van der Waals surface area contributed by atoms with Crippen molar-refractivity contribution in [2.24, 2.45) is 0 Å². The molecular formula is C52H31N3O2. The van der Waals surface area contributed by atoms with Crippen molar-refractivity contribution in [3.63, 3.8) is 0 Å². The molecule has 0 saturated heterocycles. The van der Waals surface area contributed by atoms with E-state index in [1.807, 2.05) is 60.7 Å². The van der Waals surface area contributed by atoms with Gasteiger partial charge in [-0.05, 0) is 46.0 Å². The lowest BCUT2D eigenvalue weighted by molar-refractivity contribution is 0.436. The minimum atomic E-state index is -0.586. The number of hydrogen-bond acceptors (Lipinski definition) is 5. The Morgan fingerprint density at radius 2 is 0.895 bits per heavy atom. The number of nitrogens with zero attached hydrogens (tertiary/aromatic N) is 3. The summed E-state index contributed by atoms with van der Waals surface area (Å²) in [5.41, 5.74) is 12.9. The molecule has 8 aromatic carbocycles. The molecule has 1 aliphatic carbocycles. The van der Waals surface area contributed by atoms with Crippen LogP contribution in [0.1, 0.15) is 22.3 Å². The Balaban J connectivity index is 1.09. The van der Waals surface area contributed by atoms with E-state index < -0.39 is 5.41 Å². The first-order chi connectivity index (χ1) is 28.3. The Morgan fingerprint density at radius 3 is 1.60 bits per heavy atom. The van der Waals surface area contributed by atoms with Crippen LogP contribution in [0.5, 0.6) is 11.5 Å². The van der Waals surface area contributed by atoms with Crippen LogP contribution in [0.15, 0.2) is 192 Å². The molecule has 0 saturated carbocycles. The predicted molar refractivity (Wildman–Crippen MR) is 226 cm³/mol. The van der Waals surface area contributed by atoms with Crippen molar-refractivity contribution in [3.8, 4) is 67.9 Å². The number of aromatic nitrogens is 3. The predicted octanol–water partition coefficient (Wildman–Crippen LogP) is 12.9. The summed E-state index contributed by atoms with van der Waals surface area (Å²) in [5, 5.41) is 1.98. The largest absolute Gasteiger partial charge is 0.457 e. The Morgan fingerprint density at radius 1 is 0.368 bits per heavy atom. The van der Waals surface area contributed by atoms with Crippen LogP contribution in [0.3, 0.4) is 0 Å². The minimum absolute atomic E-state index is 0.586. The highest BCUT2D eigenvalue weighted by atomic mass is 16.5. The van der Waals surface area contributed by atoms with Gasteiger partial charge in [-0.25, -0.2) is 15.0 Å². The summed E-state index contributed by atoms with van der Waals surface area (Å²) in [6, 6.07) is 65.2. The lowest BCUT2D eigenvalue weighted by Crippen LogP contribution is -2.32. The molecule has 57 heavy (non-hydrogen) atoms. The molecule has 12 rings (SSSR count). The number of benzene rings is 8. The van der Waals surface area contributed by atoms with Gasteiger partial charge in [-0.2, -0.15) is 0 Å². The fourth-order valence-electron chi connectivity index (χ4n) is 9.19. The number of furan rings is 1. The van der Waals surface area contributed by atoms with E-state index in [1.165, 1.54) is 11.1 Å². The molecule has 0 N–H and O–H groups in total. The highest BCUT2D eigenvalue weighted by Crippen LogP contribution is 2.63. The first-order valence-electron chi connectivity index (χ1n) is 19.2. The summed E-state index contributed by atoms with van der Waals surface area (Å²) >= 11 is 0. The lowest BCUT2D eigenvalue weighted by atomic mass is 9.66. The fourth-order valence-corrected chi connectivity index (χ4v) is 9.19. The smallest absolute Gasteiger partial charge is 0.164 e. The molecular weight excluding hydrogens is 699 g/mol. The van der Waals surface area contributed by atoms with Crippen LogP contribution < -0.4 is 4.74 Å². The van der Waals surface area contributed by atoms with E-state index in [-0.39, 0.29) is 0 Å². The summed E-state index contributed by atoms with van der Waals surface area (Å²) in [6.45, 7) is 0. The molecule has 3 heterocycles. The maximum Gasteiger partial charge on any atom is 0.164 e. The summed E-state index contributed by atoms with van der Waals surface area (Å²) in [4.78, 5) is 15.4. The highest BCUT2D eigenvalue weighted by molar-refractivity contribution is 6.16. The minimum Gasteiger partial charge on any atom is -0.457 e. The van der Waals surface area contributed by atoms with Crippen molar-refractivity contribution in [1.82, 2.24) is 15.0 Å². The van der Waals surface area contributed by atoms with Crippen molar-refractivity contribution in [3.05, 3.63) is 210 Å². The molecule has 1 aliphatic heterocycles. The molecule has 2 aromatic heterocycles. The van der Waals surface area contributed by atoms with Crippen LogP contribution in [0.2, 0.25) is 0 Å². The Kier molecular flexibility index (Phi) is 6.78.